The lowest BCUT2D eigenvalue weighted by molar-refractivity contribution is -0.274. The number of hydrogen-bond donors (Lipinski definition) is 1. The molecule has 2 aromatic rings. The fourth-order valence-electron chi connectivity index (χ4n) is 3.04. The molecule has 0 bridgehead atoms. The van der Waals surface area contributed by atoms with E-state index in [1.807, 2.05) is 13.8 Å². The van der Waals surface area contributed by atoms with Crippen LogP contribution < -0.4 is 10.1 Å². The van der Waals surface area contributed by atoms with Crippen LogP contribution in [0, 0.1) is 0 Å². The molecule has 3 rings (SSSR count). The highest BCUT2D eigenvalue weighted by atomic mass is 35.5. The molecule has 0 fully saturated rings. The van der Waals surface area contributed by atoms with Crippen LogP contribution in [-0.2, 0) is 14.3 Å². The van der Waals surface area contributed by atoms with Gasteiger partial charge in [-0.3, -0.25) is 14.5 Å². The summed E-state index contributed by atoms with van der Waals surface area (Å²) in [6, 6.07) is 11.2. The molecular weight excluding hydrogens is 449 g/mol. The molecule has 1 heterocycles. The summed E-state index contributed by atoms with van der Waals surface area (Å²) in [7, 11) is 0. The molecule has 1 N–H and O–H groups in total. The van der Waals surface area contributed by atoms with Gasteiger partial charge in [0.2, 0.25) is 0 Å². The van der Waals surface area contributed by atoms with Crippen molar-refractivity contribution in [2.24, 2.45) is 0 Å². The molecule has 32 heavy (non-hydrogen) atoms. The van der Waals surface area contributed by atoms with Gasteiger partial charge in [0.25, 0.3) is 11.8 Å². The summed E-state index contributed by atoms with van der Waals surface area (Å²) >= 11 is 5.93. The lowest BCUT2D eigenvalue weighted by atomic mass is 10.0. The van der Waals surface area contributed by atoms with Crippen molar-refractivity contribution in [1.29, 1.82) is 0 Å². The predicted octanol–water partition coefficient (Wildman–Crippen LogP) is 4.86. The van der Waals surface area contributed by atoms with Gasteiger partial charge >= 0.3 is 6.36 Å². The van der Waals surface area contributed by atoms with Crippen LogP contribution >= 0.6 is 11.6 Å². The Morgan fingerprint density at radius 2 is 1.62 bits per heavy atom. The fourth-order valence-corrected chi connectivity index (χ4v) is 3.17. The van der Waals surface area contributed by atoms with Gasteiger partial charge in [-0.2, -0.15) is 0 Å². The number of nitrogens with zero attached hydrogens (tertiary/aromatic N) is 1. The van der Waals surface area contributed by atoms with Gasteiger partial charge in [-0.05, 0) is 55.8 Å². The van der Waals surface area contributed by atoms with Gasteiger partial charge < -0.3 is 14.8 Å². The molecule has 0 radical (unpaired) electrons. The molecule has 6 nitrogen and oxygen atoms in total. The predicted molar refractivity (Wildman–Crippen MR) is 113 cm³/mol. The molecule has 1 aliphatic rings. The second kappa shape index (κ2) is 9.62. The van der Waals surface area contributed by atoms with Crippen LogP contribution in [0.15, 0.2) is 54.2 Å². The Labute approximate surface area is 187 Å². The summed E-state index contributed by atoms with van der Waals surface area (Å²) in [6.07, 6.45) is -4.88. The van der Waals surface area contributed by atoms with Crippen LogP contribution in [0.4, 0.5) is 18.9 Å². The van der Waals surface area contributed by atoms with Crippen molar-refractivity contribution in [3.63, 3.8) is 0 Å². The summed E-state index contributed by atoms with van der Waals surface area (Å²) in [5, 5.41) is 3.32. The topological polar surface area (TPSA) is 67.9 Å². The molecule has 2 aromatic carbocycles. The number of alkyl halides is 3. The van der Waals surface area contributed by atoms with Gasteiger partial charge in [0.1, 0.15) is 11.4 Å². The third-order valence-corrected chi connectivity index (χ3v) is 4.68. The van der Waals surface area contributed by atoms with Crippen molar-refractivity contribution in [1.82, 2.24) is 4.90 Å². The number of imide groups is 1. The highest BCUT2D eigenvalue weighted by Crippen LogP contribution is 2.32. The van der Waals surface area contributed by atoms with E-state index < -0.39 is 23.9 Å². The second-order valence-electron chi connectivity index (χ2n) is 7.14. The molecular formula is C22H20ClF3N2O4. The summed E-state index contributed by atoms with van der Waals surface area (Å²) in [4.78, 5) is 27.2. The Kier molecular flexibility index (Phi) is 7.10. The minimum Gasteiger partial charge on any atom is -0.406 e. The number of hydrogen-bond acceptors (Lipinski definition) is 5. The van der Waals surface area contributed by atoms with Gasteiger partial charge in [0, 0.05) is 10.7 Å². The Morgan fingerprint density at radius 3 is 2.19 bits per heavy atom. The van der Waals surface area contributed by atoms with Crippen LogP contribution in [0.2, 0.25) is 5.02 Å². The normalized spacial score (nSPS) is 14.5. The monoisotopic (exact) mass is 468 g/mol. The number of anilines is 1. The van der Waals surface area contributed by atoms with Gasteiger partial charge in [0.05, 0.1) is 24.8 Å². The number of halogens is 4. The maximum atomic E-state index is 13.1. The van der Waals surface area contributed by atoms with E-state index >= 15 is 0 Å². The first-order valence-electron chi connectivity index (χ1n) is 9.66. The van der Waals surface area contributed by atoms with Gasteiger partial charge in [-0.15, -0.1) is 13.2 Å². The number of carbonyl (C=O) groups excluding carboxylic acids is 2. The molecule has 0 unspecified atom stereocenters. The average molecular weight is 469 g/mol. The van der Waals surface area contributed by atoms with Crippen molar-refractivity contribution < 1.29 is 32.2 Å². The van der Waals surface area contributed by atoms with Crippen molar-refractivity contribution in [2.45, 2.75) is 26.3 Å². The van der Waals surface area contributed by atoms with E-state index in [1.54, 1.807) is 24.3 Å². The van der Waals surface area contributed by atoms with E-state index in [0.717, 1.165) is 17.0 Å². The Bertz CT molecular complexity index is 1020. The molecule has 0 aromatic heterocycles. The van der Waals surface area contributed by atoms with Crippen LogP contribution in [0.1, 0.15) is 19.4 Å². The molecule has 170 valence electrons. The zero-order valence-corrected chi connectivity index (χ0v) is 18.0. The van der Waals surface area contributed by atoms with Crippen molar-refractivity contribution in [2.75, 3.05) is 18.5 Å². The lowest BCUT2D eigenvalue weighted by Crippen LogP contribution is -2.35. The average Bonchev–Trinajstić information content (AvgIpc) is 2.93. The van der Waals surface area contributed by atoms with Crippen LogP contribution in [-0.4, -0.2) is 42.3 Å². The van der Waals surface area contributed by atoms with E-state index in [9.17, 15) is 22.8 Å². The van der Waals surface area contributed by atoms with Crippen LogP contribution in [0.5, 0.6) is 5.75 Å². The summed E-state index contributed by atoms with van der Waals surface area (Å²) in [6.45, 7) is 3.89. The number of benzene rings is 2. The van der Waals surface area contributed by atoms with Crippen molar-refractivity contribution >= 4 is 34.7 Å². The first kappa shape index (κ1) is 23.6. The first-order chi connectivity index (χ1) is 15.0. The molecule has 1 aliphatic heterocycles. The fraction of sp³-hybridized carbons (Fsp3) is 0.273. The molecule has 0 atom stereocenters. The standard InChI is InChI=1S/C22H20ClF3N2O4/c1-13(2)31-12-11-28-20(29)18(14-3-5-15(23)6-4-14)19(21(28)30)27-16-7-9-17(10-8-16)32-22(24,25)26/h3-10,13,27H,11-12H2,1-2H3. The first-order valence-corrected chi connectivity index (χ1v) is 10.0. The van der Waals surface area contributed by atoms with E-state index in [-0.39, 0.29) is 30.5 Å². The molecule has 0 spiro atoms. The molecule has 10 heteroatoms. The number of nitrogens with one attached hydrogen (secondary N) is 1. The maximum Gasteiger partial charge on any atom is 0.573 e. The third-order valence-electron chi connectivity index (χ3n) is 4.42. The van der Waals surface area contributed by atoms with Crippen LogP contribution in [0.3, 0.4) is 0 Å². The lowest BCUT2D eigenvalue weighted by Gasteiger charge is -2.16. The summed E-state index contributed by atoms with van der Waals surface area (Å²) < 4.78 is 46.4. The van der Waals surface area contributed by atoms with Gasteiger partial charge in [-0.25, -0.2) is 0 Å². The molecule has 0 saturated heterocycles. The zero-order chi connectivity index (χ0) is 23.5. The summed E-state index contributed by atoms with van der Waals surface area (Å²) in [5.74, 6) is -1.48. The number of rotatable bonds is 8. The maximum absolute atomic E-state index is 13.1. The number of ether oxygens (including phenoxy) is 2. The SMILES string of the molecule is CC(C)OCCN1C(=O)C(Nc2ccc(OC(F)(F)F)cc2)=C(c2ccc(Cl)cc2)C1=O. The van der Waals surface area contributed by atoms with E-state index in [0.29, 0.717) is 16.3 Å². The zero-order valence-electron chi connectivity index (χ0n) is 17.2. The van der Waals surface area contributed by atoms with E-state index in [2.05, 4.69) is 10.1 Å². The van der Waals surface area contributed by atoms with Gasteiger partial charge in [0.15, 0.2) is 0 Å². The quantitative estimate of drug-likeness (QED) is 0.561. The summed E-state index contributed by atoms with van der Waals surface area (Å²) in [5.41, 5.74) is 0.917. The highest BCUT2D eigenvalue weighted by molar-refractivity contribution is 6.36. The molecule has 0 aliphatic carbocycles. The number of carbonyl (C=O) groups is 2. The Hall–Kier alpha value is -3.04. The Balaban J connectivity index is 1.89. The van der Waals surface area contributed by atoms with E-state index in [1.165, 1.54) is 12.1 Å². The van der Waals surface area contributed by atoms with Crippen LogP contribution in [0.25, 0.3) is 5.57 Å². The second-order valence-corrected chi connectivity index (χ2v) is 7.57. The third kappa shape index (κ3) is 5.80. The Morgan fingerprint density at radius 1 is 1.00 bits per heavy atom. The highest BCUT2D eigenvalue weighted by Gasteiger charge is 2.39. The number of amides is 2. The minimum atomic E-state index is -4.81. The largest absolute Gasteiger partial charge is 0.573 e. The smallest absolute Gasteiger partial charge is 0.406 e. The van der Waals surface area contributed by atoms with E-state index in [4.69, 9.17) is 16.3 Å². The van der Waals surface area contributed by atoms with Crippen molar-refractivity contribution in [3.05, 3.63) is 64.8 Å². The molecule has 2 amide bonds. The molecule has 0 saturated carbocycles. The van der Waals surface area contributed by atoms with Crippen molar-refractivity contribution in [3.8, 4) is 5.75 Å². The van der Waals surface area contributed by atoms with Gasteiger partial charge in [-0.1, -0.05) is 23.7 Å². The minimum absolute atomic E-state index is 0.00589.